The summed E-state index contributed by atoms with van der Waals surface area (Å²) in [5.74, 6) is 0. The normalized spacial score (nSPS) is 11.2. The maximum Gasteiger partial charge on any atom is 0.116 e. The highest BCUT2D eigenvalue weighted by Gasteiger charge is 2.07. The van der Waals surface area contributed by atoms with Crippen LogP contribution in [0, 0.1) is 6.92 Å². The van der Waals surface area contributed by atoms with Gasteiger partial charge in [-0.1, -0.05) is 0 Å². The summed E-state index contributed by atoms with van der Waals surface area (Å²) < 4.78 is 0. The number of aromatic amines is 1. The van der Waals surface area contributed by atoms with Crippen LogP contribution in [0.15, 0.2) is 47.5 Å². The number of benzene rings is 2. The van der Waals surface area contributed by atoms with Crippen LogP contribution in [0.1, 0.15) is 5.56 Å². The number of aromatic nitrogens is 4. The summed E-state index contributed by atoms with van der Waals surface area (Å²) in [6.07, 6.45) is 3.90. The van der Waals surface area contributed by atoms with E-state index in [1.807, 2.05) is 25.3 Å². The van der Waals surface area contributed by atoms with Gasteiger partial charge in [-0.05, 0) is 55.1 Å². The Kier molecular flexibility index (Phi) is 3.38. The topological polar surface area (TPSA) is 66.5 Å². The summed E-state index contributed by atoms with van der Waals surface area (Å²) >= 11 is 1.73. The minimum Gasteiger partial charge on any atom is -0.355 e. The van der Waals surface area contributed by atoms with Crippen LogP contribution < -0.4 is 5.32 Å². The molecule has 2 aromatic heterocycles. The van der Waals surface area contributed by atoms with Gasteiger partial charge in [0.05, 0.1) is 5.52 Å². The third-order valence-corrected chi connectivity index (χ3v) is 4.57. The van der Waals surface area contributed by atoms with Gasteiger partial charge in [-0.25, -0.2) is 0 Å². The van der Waals surface area contributed by atoms with Crippen molar-refractivity contribution in [2.24, 2.45) is 0 Å². The van der Waals surface area contributed by atoms with Crippen LogP contribution in [0.2, 0.25) is 0 Å². The Morgan fingerprint density at radius 3 is 2.83 bits per heavy atom. The summed E-state index contributed by atoms with van der Waals surface area (Å²) in [7, 11) is 0. The maximum atomic E-state index is 4.44. The highest BCUT2D eigenvalue weighted by Crippen LogP contribution is 2.30. The zero-order chi connectivity index (χ0) is 15.8. The number of hydrogen-bond donors (Lipinski definition) is 2. The zero-order valence-electron chi connectivity index (χ0n) is 12.8. The molecule has 4 aromatic rings. The van der Waals surface area contributed by atoms with E-state index in [9.17, 15) is 0 Å². The van der Waals surface area contributed by atoms with Crippen molar-refractivity contribution >= 4 is 45.1 Å². The predicted octanol–water partition coefficient (Wildman–Crippen LogP) is 4.28. The van der Waals surface area contributed by atoms with Crippen LogP contribution in [-0.4, -0.2) is 26.7 Å². The molecular formula is C17H15N5S. The molecule has 0 aliphatic heterocycles. The molecule has 23 heavy (non-hydrogen) atoms. The van der Waals surface area contributed by atoms with Crippen LogP contribution in [0.3, 0.4) is 0 Å². The lowest BCUT2D eigenvalue weighted by Gasteiger charge is -2.11. The van der Waals surface area contributed by atoms with Gasteiger partial charge in [0.2, 0.25) is 0 Å². The molecule has 4 rings (SSSR count). The minimum atomic E-state index is 0.857. The van der Waals surface area contributed by atoms with Crippen LogP contribution in [0.25, 0.3) is 21.9 Å². The molecule has 0 aliphatic carbocycles. The van der Waals surface area contributed by atoms with E-state index in [0.29, 0.717) is 0 Å². The number of hydrogen-bond acceptors (Lipinski definition) is 5. The summed E-state index contributed by atoms with van der Waals surface area (Å²) in [5.41, 5.74) is 5.85. The molecule has 0 unspecified atom stereocenters. The van der Waals surface area contributed by atoms with Crippen molar-refractivity contribution in [3.63, 3.8) is 0 Å². The number of aryl methyl sites for hydroxylation is 1. The number of H-pyrrole nitrogens is 1. The van der Waals surface area contributed by atoms with Crippen molar-refractivity contribution in [3.8, 4) is 0 Å². The molecule has 0 saturated carbocycles. The minimum absolute atomic E-state index is 0.857. The Morgan fingerprint density at radius 1 is 1.04 bits per heavy atom. The Morgan fingerprint density at radius 2 is 1.96 bits per heavy atom. The predicted molar refractivity (Wildman–Crippen MR) is 95.4 cm³/mol. The van der Waals surface area contributed by atoms with Crippen molar-refractivity contribution in [2.75, 3.05) is 11.6 Å². The SMILES string of the molecule is CSc1ccc2nccc(Nc3cc(C)c4n[nH]nc4c3)c2c1. The molecule has 2 N–H and O–H groups in total. The maximum absolute atomic E-state index is 4.44. The largest absolute Gasteiger partial charge is 0.355 e. The molecule has 2 heterocycles. The van der Waals surface area contributed by atoms with Gasteiger partial charge in [-0.3, -0.25) is 4.98 Å². The van der Waals surface area contributed by atoms with E-state index >= 15 is 0 Å². The van der Waals surface area contributed by atoms with Crippen molar-refractivity contribution in [2.45, 2.75) is 11.8 Å². The second kappa shape index (κ2) is 5.55. The van der Waals surface area contributed by atoms with Gasteiger partial charge in [-0.15, -0.1) is 11.8 Å². The highest BCUT2D eigenvalue weighted by atomic mass is 32.2. The van der Waals surface area contributed by atoms with Gasteiger partial charge in [0.25, 0.3) is 0 Å². The molecule has 0 radical (unpaired) electrons. The average molecular weight is 321 g/mol. The molecule has 2 aromatic carbocycles. The third-order valence-electron chi connectivity index (χ3n) is 3.84. The molecule has 0 bridgehead atoms. The number of fused-ring (bicyclic) bond motifs is 2. The number of nitrogens with one attached hydrogen (secondary N) is 2. The zero-order valence-corrected chi connectivity index (χ0v) is 13.6. The van der Waals surface area contributed by atoms with Crippen molar-refractivity contribution < 1.29 is 0 Å². The quantitative estimate of drug-likeness (QED) is 0.551. The van der Waals surface area contributed by atoms with E-state index in [4.69, 9.17) is 0 Å². The van der Waals surface area contributed by atoms with Gasteiger partial charge in [0.15, 0.2) is 0 Å². The third kappa shape index (κ3) is 2.51. The first-order valence-electron chi connectivity index (χ1n) is 7.25. The lowest BCUT2D eigenvalue weighted by Crippen LogP contribution is -1.94. The van der Waals surface area contributed by atoms with Crippen LogP contribution in [0.4, 0.5) is 11.4 Å². The second-order valence-corrected chi connectivity index (χ2v) is 6.23. The van der Waals surface area contributed by atoms with Crippen molar-refractivity contribution in [1.29, 1.82) is 0 Å². The summed E-state index contributed by atoms with van der Waals surface area (Å²) in [6, 6.07) is 12.4. The highest BCUT2D eigenvalue weighted by molar-refractivity contribution is 7.98. The summed E-state index contributed by atoms with van der Waals surface area (Å²) in [5, 5.41) is 15.6. The monoisotopic (exact) mass is 321 g/mol. The van der Waals surface area contributed by atoms with E-state index < -0.39 is 0 Å². The molecule has 0 fully saturated rings. The van der Waals surface area contributed by atoms with E-state index in [0.717, 1.165) is 38.9 Å². The van der Waals surface area contributed by atoms with Gasteiger partial charge < -0.3 is 5.32 Å². The van der Waals surface area contributed by atoms with Crippen LogP contribution in [0.5, 0.6) is 0 Å². The molecule has 0 spiro atoms. The number of nitrogens with zero attached hydrogens (tertiary/aromatic N) is 3. The number of rotatable bonds is 3. The lowest BCUT2D eigenvalue weighted by atomic mass is 10.1. The fraction of sp³-hybridized carbons (Fsp3) is 0.118. The van der Waals surface area contributed by atoms with E-state index in [1.165, 1.54) is 4.90 Å². The Hall–Kier alpha value is -2.60. The van der Waals surface area contributed by atoms with Gasteiger partial charge in [0, 0.05) is 27.9 Å². The number of pyridine rings is 1. The Bertz CT molecular complexity index is 1010. The number of anilines is 2. The molecule has 0 aliphatic rings. The standard InChI is InChI=1S/C17H15N5S/c1-10-7-11(8-16-17(10)21-22-20-16)19-15-5-6-18-14-4-3-12(23-2)9-13(14)15/h3-9H,1-2H3,(H,18,19)(H,20,21,22). The van der Waals surface area contributed by atoms with E-state index in [-0.39, 0.29) is 0 Å². The molecule has 5 nitrogen and oxygen atoms in total. The molecule has 0 atom stereocenters. The fourth-order valence-electron chi connectivity index (χ4n) is 2.71. The van der Waals surface area contributed by atoms with Crippen molar-refractivity contribution in [1.82, 2.24) is 20.4 Å². The molecule has 114 valence electrons. The first-order chi connectivity index (χ1) is 11.2. The summed E-state index contributed by atoms with van der Waals surface area (Å²) in [4.78, 5) is 5.66. The molecule has 6 heteroatoms. The Labute approximate surface area is 137 Å². The molecule has 0 saturated heterocycles. The van der Waals surface area contributed by atoms with Gasteiger partial charge >= 0.3 is 0 Å². The van der Waals surface area contributed by atoms with Crippen molar-refractivity contribution in [3.05, 3.63) is 48.2 Å². The Balaban J connectivity index is 1.82. The summed E-state index contributed by atoms with van der Waals surface area (Å²) in [6.45, 7) is 2.03. The first-order valence-corrected chi connectivity index (χ1v) is 8.48. The van der Waals surface area contributed by atoms with Crippen LogP contribution >= 0.6 is 11.8 Å². The average Bonchev–Trinajstić information content (AvgIpc) is 3.04. The van der Waals surface area contributed by atoms with E-state index in [2.05, 4.69) is 56.2 Å². The first kappa shape index (κ1) is 14.0. The molecular weight excluding hydrogens is 306 g/mol. The molecule has 0 amide bonds. The van der Waals surface area contributed by atoms with Gasteiger partial charge in [-0.2, -0.15) is 15.4 Å². The number of thioether (sulfide) groups is 1. The van der Waals surface area contributed by atoms with E-state index in [1.54, 1.807) is 11.8 Å². The lowest BCUT2D eigenvalue weighted by molar-refractivity contribution is 0.958. The van der Waals surface area contributed by atoms with Crippen LogP contribution in [-0.2, 0) is 0 Å². The van der Waals surface area contributed by atoms with Gasteiger partial charge in [0.1, 0.15) is 11.0 Å². The second-order valence-electron chi connectivity index (χ2n) is 5.35. The smallest absolute Gasteiger partial charge is 0.116 e. The fourth-order valence-corrected chi connectivity index (χ4v) is 3.15.